The van der Waals surface area contributed by atoms with Gasteiger partial charge in [0, 0.05) is 17.0 Å². The fraction of sp³-hybridized carbons (Fsp3) is 0.545. The number of hydrogen-bond donors (Lipinski definition) is 1. The summed E-state index contributed by atoms with van der Waals surface area (Å²) in [6.07, 6.45) is 7.09. The molecular weight excluding hydrogens is 194 g/mol. The number of thioether (sulfide) groups is 1. The fourth-order valence-electron chi connectivity index (χ4n) is 1.81. The molecule has 1 aromatic rings. The molecule has 2 rings (SSSR count). The van der Waals surface area contributed by atoms with Crippen molar-refractivity contribution in [2.75, 3.05) is 0 Å². The van der Waals surface area contributed by atoms with Crippen LogP contribution in [0.1, 0.15) is 31.2 Å². The first-order valence-corrected chi connectivity index (χ1v) is 5.99. The van der Waals surface area contributed by atoms with E-state index in [1.54, 1.807) is 6.20 Å². The van der Waals surface area contributed by atoms with Gasteiger partial charge in [-0.05, 0) is 18.9 Å². The van der Waals surface area contributed by atoms with Crippen LogP contribution in [0.15, 0.2) is 23.4 Å². The van der Waals surface area contributed by atoms with Gasteiger partial charge in [-0.3, -0.25) is 0 Å². The smallest absolute Gasteiger partial charge is 0.102 e. The van der Waals surface area contributed by atoms with Crippen LogP contribution in [0.3, 0.4) is 0 Å². The number of pyridine rings is 1. The second-order valence-corrected chi connectivity index (χ2v) is 4.94. The Morgan fingerprint density at radius 3 is 2.93 bits per heavy atom. The van der Waals surface area contributed by atoms with E-state index < -0.39 is 0 Å². The van der Waals surface area contributed by atoms with Gasteiger partial charge in [0.2, 0.25) is 0 Å². The summed E-state index contributed by atoms with van der Waals surface area (Å²) in [5, 5.41) is 10.9. The number of aliphatic hydroxyl groups is 1. The van der Waals surface area contributed by atoms with Crippen LogP contribution in [-0.2, 0) is 6.61 Å². The SMILES string of the molecule is OCc1cccnc1SC1CCCC1. The Morgan fingerprint density at radius 1 is 1.43 bits per heavy atom. The first-order valence-electron chi connectivity index (χ1n) is 5.11. The average Bonchev–Trinajstić information content (AvgIpc) is 2.71. The number of rotatable bonds is 3. The summed E-state index contributed by atoms with van der Waals surface area (Å²) < 4.78 is 0. The molecule has 1 heterocycles. The van der Waals surface area contributed by atoms with Crippen LogP contribution in [0.4, 0.5) is 0 Å². The summed E-state index contributed by atoms with van der Waals surface area (Å²) in [6, 6.07) is 3.83. The van der Waals surface area contributed by atoms with Crippen LogP contribution in [-0.4, -0.2) is 15.3 Å². The monoisotopic (exact) mass is 209 g/mol. The van der Waals surface area contributed by atoms with Gasteiger partial charge in [0.25, 0.3) is 0 Å². The van der Waals surface area contributed by atoms with Gasteiger partial charge in [-0.2, -0.15) is 0 Å². The molecular formula is C11H15NOS. The molecule has 0 unspecified atom stereocenters. The van der Waals surface area contributed by atoms with E-state index in [1.165, 1.54) is 25.7 Å². The van der Waals surface area contributed by atoms with Gasteiger partial charge < -0.3 is 5.11 Å². The van der Waals surface area contributed by atoms with Gasteiger partial charge in [0.1, 0.15) is 5.03 Å². The van der Waals surface area contributed by atoms with E-state index in [-0.39, 0.29) is 6.61 Å². The zero-order valence-corrected chi connectivity index (χ0v) is 8.96. The van der Waals surface area contributed by atoms with Crippen LogP contribution in [0.25, 0.3) is 0 Å². The highest BCUT2D eigenvalue weighted by molar-refractivity contribution is 7.99. The maximum Gasteiger partial charge on any atom is 0.102 e. The van der Waals surface area contributed by atoms with Gasteiger partial charge in [-0.15, -0.1) is 11.8 Å². The molecule has 3 heteroatoms. The van der Waals surface area contributed by atoms with Gasteiger partial charge >= 0.3 is 0 Å². The van der Waals surface area contributed by atoms with E-state index in [0.717, 1.165) is 15.8 Å². The predicted octanol–water partition coefficient (Wildman–Crippen LogP) is 2.61. The third-order valence-electron chi connectivity index (χ3n) is 2.60. The van der Waals surface area contributed by atoms with Gasteiger partial charge in [0.05, 0.1) is 6.61 Å². The average molecular weight is 209 g/mol. The molecule has 2 nitrogen and oxygen atoms in total. The van der Waals surface area contributed by atoms with Gasteiger partial charge in [0.15, 0.2) is 0 Å². The van der Waals surface area contributed by atoms with Crippen LogP contribution < -0.4 is 0 Å². The second kappa shape index (κ2) is 4.80. The molecule has 0 saturated heterocycles. The standard InChI is InChI=1S/C11H15NOS/c13-8-9-4-3-7-12-11(9)14-10-5-1-2-6-10/h3-4,7,10,13H,1-2,5-6,8H2. The van der Waals surface area contributed by atoms with E-state index in [2.05, 4.69) is 4.98 Å². The first-order chi connectivity index (χ1) is 6.90. The van der Waals surface area contributed by atoms with E-state index in [1.807, 2.05) is 23.9 Å². The molecule has 1 aliphatic rings. The lowest BCUT2D eigenvalue weighted by Crippen LogP contribution is -1.98. The van der Waals surface area contributed by atoms with E-state index >= 15 is 0 Å². The highest BCUT2D eigenvalue weighted by Gasteiger charge is 2.17. The van der Waals surface area contributed by atoms with Crippen molar-refractivity contribution in [1.29, 1.82) is 0 Å². The number of hydrogen-bond acceptors (Lipinski definition) is 3. The molecule has 1 saturated carbocycles. The molecule has 0 atom stereocenters. The lowest BCUT2D eigenvalue weighted by molar-refractivity contribution is 0.278. The van der Waals surface area contributed by atoms with Crippen LogP contribution in [0, 0.1) is 0 Å². The molecule has 0 aromatic carbocycles. The lowest BCUT2D eigenvalue weighted by Gasteiger charge is -2.10. The van der Waals surface area contributed by atoms with Crippen molar-refractivity contribution < 1.29 is 5.11 Å². The first kappa shape index (κ1) is 9.99. The van der Waals surface area contributed by atoms with E-state index in [9.17, 15) is 0 Å². The Kier molecular flexibility index (Phi) is 3.43. The van der Waals surface area contributed by atoms with E-state index in [0.29, 0.717) is 0 Å². The number of aliphatic hydroxyl groups excluding tert-OH is 1. The summed E-state index contributed by atoms with van der Waals surface area (Å²) in [5.41, 5.74) is 0.962. The molecule has 76 valence electrons. The molecule has 1 aliphatic carbocycles. The number of aromatic nitrogens is 1. The highest BCUT2D eigenvalue weighted by atomic mass is 32.2. The second-order valence-electron chi connectivity index (χ2n) is 3.65. The summed E-state index contributed by atoms with van der Waals surface area (Å²) in [7, 11) is 0. The molecule has 0 amide bonds. The Bertz CT molecular complexity index is 297. The van der Waals surface area contributed by atoms with Crippen LogP contribution in [0.2, 0.25) is 0 Å². The van der Waals surface area contributed by atoms with E-state index in [4.69, 9.17) is 5.11 Å². The highest BCUT2D eigenvalue weighted by Crippen LogP contribution is 2.34. The van der Waals surface area contributed by atoms with Crippen molar-refractivity contribution in [3.63, 3.8) is 0 Å². The quantitative estimate of drug-likeness (QED) is 0.830. The van der Waals surface area contributed by atoms with Crippen molar-refractivity contribution in [3.05, 3.63) is 23.9 Å². The molecule has 0 aliphatic heterocycles. The summed E-state index contributed by atoms with van der Waals surface area (Å²) in [5.74, 6) is 0. The van der Waals surface area contributed by atoms with Crippen molar-refractivity contribution >= 4 is 11.8 Å². The summed E-state index contributed by atoms with van der Waals surface area (Å²) >= 11 is 1.83. The molecule has 0 radical (unpaired) electrons. The third-order valence-corrected chi connectivity index (χ3v) is 4.00. The predicted molar refractivity (Wildman–Crippen MR) is 58.3 cm³/mol. The third kappa shape index (κ3) is 2.28. The maximum atomic E-state index is 9.14. The minimum absolute atomic E-state index is 0.100. The van der Waals surface area contributed by atoms with Crippen molar-refractivity contribution in [1.82, 2.24) is 4.98 Å². The topological polar surface area (TPSA) is 33.1 Å². The lowest BCUT2D eigenvalue weighted by atomic mass is 10.3. The van der Waals surface area contributed by atoms with Crippen LogP contribution in [0.5, 0.6) is 0 Å². The molecule has 0 bridgehead atoms. The minimum Gasteiger partial charge on any atom is -0.392 e. The molecule has 14 heavy (non-hydrogen) atoms. The zero-order valence-electron chi connectivity index (χ0n) is 8.15. The summed E-state index contributed by atoms with van der Waals surface area (Å²) in [6.45, 7) is 0.100. The number of nitrogens with zero attached hydrogens (tertiary/aromatic N) is 1. The Hall–Kier alpha value is -0.540. The minimum atomic E-state index is 0.100. The summed E-state index contributed by atoms with van der Waals surface area (Å²) in [4.78, 5) is 4.32. The Morgan fingerprint density at radius 2 is 2.21 bits per heavy atom. The Balaban J connectivity index is 2.07. The van der Waals surface area contributed by atoms with Gasteiger partial charge in [-0.25, -0.2) is 4.98 Å². The molecule has 1 N–H and O–H groups in total. The van der Waals surface area contributed by atoms with Gasteiger partial charge in [-0.1, -0.05) is 18.9 Å². The normalized spacial score (nSPS) is 17.5. The van der Waals surface area contributed by atoms with Crippen LogP contribution >= 0.6 is 11.8 Å². The molecule has 1 fully saturated rings. The Labute approximate surface area is 88.8 Å². The van der Waals surface area contributed by atoms with Crippen molar-refractivity contribution in [3.8, 4) is 0 Å². The molecule has 0 spiro atoms. The fourth-order valence-corrected chi connectivity index (χ4v) is 3.11. The largest absolute Gasteiger partial charge is 0.392 e. The zero-order chi connectivity index (χ0) is 9.80. The van der Waals surface area contributed by atoms with Crippen molar-refractivity contribution in [2.24, 2.45) is 0 Å². The molecule has 1 aromatic heterocycles. The van der Waals surface area contributed by atoms with Crippen molar-refractivity contribution in [2.45, 2.75) is 42.6 Å². The maximum absolute atomic E-state index is 9.14.